The molecule has 0 aliphatic carbocycles. The Morgan fingerprint density at radius 1 is 1.05 bits per heavy atom. The largest absolute Gasteiger partial charge is 0.504 e. The average Bonchev–Trinajstić information content (AvgIpc) is 3.25. The molecular formula is C31H37NO5. The third-order valence-electron chi connectivity index (χ3n) is 7.31. The van der Waals surface area contributed by atoms with E-state index in [1.165, 1.54) is 0 Å². The van der Waals surface area contributed by atoms with Crippen LogP contribution in [0.1, 0.15) is 66.7 Å². The molecule has 37 heavy (non-hydrogen) atoms. The topological polar surface area (TPSA) is 71.4 Å². The van der Waals surface area contributed by atoms with E-state index in [4.69, 9.17) is 14.2 Å². The van der Waals surface area contributed by atoms with E-state index >= 15 is 0 Å². The first kappa shape index (κ1) is 26.6. The van der Waals surface area contributed by atoms with Crippen LogP contribution < -0.4 is 14.2 Å². The second kappa shape index (κ2) is 11.3. The summed E-state index contributed by atoms with van der Waals surface area (Å²) < 4.78 is 17.7. The van der Waals surface area contributed by atoms with Crippen molar-refractivity contribution in [3.8, 4) is 23.0 Å². The molecule has 3 aromatic rings. The summed E-state index contributed by atoms with van der Waals surface area (Å²) in [6.07, 6.45) is 3.12. The highest BCUT2D eigenvalue weighted by molar-refractivity contribution is 5.62. The molecule has 2 N–H and O–H groups in total. The minimum Gasteiger partial charge on any atom is -0.504 e. The van der Waals surface area contributed by atoms with Crippen molar-refractivity contribution in [1.82, 2.24) is 4.90 Å². The molecule has 0 saturated carbocycles. The number of likely N-dealkylation sites (N-methyl/N-ethyl adjacent to an activating group) is 1. The highest BCUT2D eigenvalue weighted by Crippen LogP contribution is 2.52. The number of aliphatic hydroxyl groups excluding tert-OH is 1. The molecule has 0 bridgehead atoms. The molecule has 196 valence electrons. The molecule has 0 saturated heterocycles. The molecule has 0 aromatic heterocycles. The predicted octanol–water partition coefficient (Wildman–Crippen LogP) is 6.23. The number of aliphatic hydroxyl groups is 1. The number of fused-ring (bicyclic) bond motifs is 1. The zero-order valence-electron chi connectivity index (χ0n) is 22.4. The smallest absolute Gasteiger partial charge is 0.165 e. The number of ether oxygens (including phenoxy) is 3. The van der Waals surface area contributed by atoms with Gasteiger partial charge in [-0.25, -0.2) is 0 Å². The first-order valence-electron chi connectivity index (χ1n) is 12.6. The molecule has 6 heteroatoms. The fourth-order valence-electron chi connectivity index (χ4n) is 5.01. The van der Waals surface area contributed by atoms with E-state index in [-0.39, 0.29) is 23.8 Å². The van der Waals surface area contributed by atoms with Crippen molar-refractivity contribution in [2.24, 2.45) is 0 Å². The highest BCUT2D eigenvalue weighted by Gasteiger charge is 2.36. The Hall–Kier alpha value is -3.48. The summed E-state index contributed by atoms with van der Waals surface area (Å²) in [7, 11) is 5.14. The van der Waals surface area contributed by atoms with Gasteiger partial charge in [0.2, 0.25) is 0 Å². The molecule has 0 fully saturated rings. The Labute approximate surface area is 219 Å². The van der Waals surface area contributed by atoms with Crippen LogP contribution in [0.3, 0.4) is 0 Å². The molecular weight excluding hydrogens is 466 g/mol. The Kier molecular flexibility index (Phi) is 8.10. The number of nitrogens with zero attached hydrogens (tertiary/aromatic N) is 1. The lowest BCUT2D eigenvalue weighted by Crippen LogP contribution is -2.34. The van der Waals surface area contributed by atoms with Crippen molar-refractivity contribution < 1.29 is 24.4 Å². The third-order valence-corrected chi connectivity index (χ3v) is 7.31. The maximum absolute atomic E-state index is 11.0. The molecule has 4 rings (SSSR count). The molecule has 3 aromatic carbocycles. The summed E-state index contributed by atoms with van der Waals surface area (Å²) in [6.45, 7) is 6.52. The summed E-state index contributed by atoms with van der Waals surface area (Å²) in [5, 5.41) is 21.9. The standard InChI is InChI=1S/C31H37NO5/c1-7-11-21-14-25-19(2)30(37-31(25)27(15-21)36-6)23-16-24(29(34)26(17-23)35-5)18-32(4)20(3)28(33)22-12-9-8-10-13-22/h7-17,19-20,28,30,33-34H,18H2,1-6H3/b11-7+/t19-,20?,28?,30-/m0/s1. The number of phenols is 1. The van der Waals surface area contributed by atoms with Gasteiger partial charge in [-0.3, -0.25) is 4.90 Å². The lowest BCUT2D eigenvalue weighted by atomic mass is 9.90. The van der Waals surface area contributed by atoms with Crippen molar-refractivity contribution in [1.29, 1.82) is 0 Å². The number of hydrogen-bond acceptors (Lipinski definition) is 6. The lowest BCUT2D eigenvalue weighted by molar-refractivity contribution is 0.0683. The van der Waals surface area contributed by atoms with E-state index in [0.29, 0.717) is 23.6 Å². The maximum atomic E-state index is 11.0. The molecule has 4 atom stereocenters. The van der Waals surface area contributed by atoms with Gasteiger partial charge >= 0.3 is 0 Å². The van der Waals surface area contributed by atoms with Crippen LogP contribution in [0.25, 0.3) is 6.08 Å². The van der Waals surface area contributed by atoms with Gasteiger partial charge in [-0.2, -0.15) is 0 Å². The first-order valence-corrected chi connectivity index (χ1v) is 12.6. The van der Waals surface area contributed by atoms with Gasteiger partial charge < -0.3 is 24.4 Å². The van der Waals surface area contributed by atoms with Crippen LogP contribution in [0.2, 0.25) is 0 Å². The number of phenolic OH excluding ortho intramolecular Hbond substituents is 1. The number of allylic oxidation sites excluding steroid dienone is 1. The lowest BCUT2D eigenvalue weighted by Gasteiger charge is -2.30. The van der Waals surface area contributed by atoms with Crippen molar-refractivity contribution >= 4 is 6.08 Å². The molecule has 0 spiro atoms. The van der Waals surface area contributed by atoms with Crippen molar-refractivity contribution in [3.05, 3.63) is 88.5 Å². The molecule has 1 heterocycles. The molecule has 1 aliphatic heterocycles. The highest BCUT2D eigenvalue weighted by atomic mass is 16.5. The number of aromatic hydroxyl groups is 1. The Morgan fingerprint density at radius 2 is 1.76 bits per heavy atom. The van der Waals surface area contributed by atoms with Crippen LogP contribution in [0.4, 0.5) is 0 Å². The maximum Gasteiger partial charge on any atom is 0.165 e. The van der Waals surface area contributed by atoms with E-state index < -0.39 is 6.10 Å². The van der Waals surface area contributed by atoms with Crippen molar-refractivity contribution in [3.63, 3.8) is 0 Å². The van der Waals surface area contributed by atoms with Crippen LogP contribution in [-0.2, 0) is 6.54 Å². The molecule has 6 nitrogen and oxygen atoms in total. The van der Waals surface area contributed by atoms with Gasteiger partial charge in [0.25, 0.3) is 0 Å². The molecule has 0 radical (unpaired) electrons. The summed E-state index contributed by atoms with van der Waals surface area (Å²) in [5.41, 5.74) is 4.62. The van der Waals surface area contributed by atoms with Gasteiger partial charge in [-0.1, -0.05) is 49.4 Å². The quantitative estimate of drug-likeness (QED) is 0.361. The van der Waals surface area contributed by atoms with Gasteiger partial charge in [0.1, 0.15) is 6.10 Å². The number of hydrogen-bond donors (Lipinski definition) is 2. The minimum atomic E-state index is -0.662. The zero-order chi connectivity index (χ0) is 26.7. The first-order chi connectivity index (χ1) is 17.8. The Bertz CT molecular complexity index is 1260. The second-order valence-corrected chi connectivity index (χ2v) is 9.71. The van der Waals surface area contributed by atoms with Crippen LogP contribution in [0.15, 0.2) is 60.7 Å². The zero-order valence-corrected chi connectivity index (χ0v) is 22.4. The summed E-state index contributed by atoms with van der Waals surface area (Å²) in [6, 6.07) is 17.4. The number of methoxy groups -OCH3 is 2. The van der Waals surface area contributed by atoms with Crippen LogP contribution >= 0.6 is 0 Å². The summed E-state index contributed by atoms with van der Waals surface area (Å²) >= 11 is 0. The fourth-order valence-corrected chi connectivity index (χ4v) is 5.01. The number of benzene rings is 3. The minimum absolute atomic E-state index is 0.0627. The Morgan fingerprint density at radius 3 is 2.41 bits per heavy atom. The predicted molar refractivity (Wildman–Crippen MR) is 146 cm³/mol. The van der Waals surface area contributed by atoms with E-state index in [1.807, 2.05) is 86.5 Å². The fraction of sp³-hybridized carbons (Fsp3) is 0.355. The van der Waals surface area contributed by atoms with Gasteiger partial charge in [0, 0.05) is 29.6 Å². The van der Waals surface area contributed by atoms with Gasteiger partial charge in [0.15, 0.2) is 23.0 Å². The van der Waals surface area contributed by atoms with Gasteiger partial charge in [-0.05, 0) is 61.9 Å². The van der Waals surface area contributed by atoms with Gasteiger partial charge in [0.05, 0.1) is 20.3 Å². The monoisotopic (exact) mass is 503 g/mol. The normalized spacial score (nSPS) is 18.5. The van der Waals surface area contributed by atoms with E-state index in [9.17, 15) is 10.2 Å². The molecule has 0 amide bonds. The van der Waals surface area contributed by atoms with E-state index in [2.05, 4.69) is 13.0 Å². The van der Waals surface area contributed by atoms with Crippen LogP contribution in [-0.4, -0.2) is 42.4 Å². The average molecular weight is 504 g/mol. The molecule has 1 aliphatic rings. The van der Waals surface area contributed by atoms with Crippen LogP contribution in [0.5, 0.6) is 23.0 Å². The van der Waals surface area contributed by atoms with E-state index in [1.54, 1.807) is 14.2 Å². The van der Waals surface area contributed by atoms with Crippen molar-refractivity contribution in [2.75, 3.05) is 21.3 Å². The second-order valence-electron chi connectivity index (χ2n) is 9.71. The molecule has 2 unspecified atom stereocenters. The Balaban J connectivity index is 1.64. The SMILES string of the molecule is C/C=C/c1cc(OC)c2c(c1)[C@H](C)[C@@H](c1cc(CN(C)C(C)C(O)c3ccccc3)c(O)c(OC)c1)O2. The summed E-state index contributed by atoms with van der Waals surface area (Å²) in [4.78, 5) is 2.02. The number of rotatable bonds is 9. The third kappa shape index (κ3) is 5.31. The van der Waals surface area contributed by atoms with Gasteiger partial charge in [-0.15, -0.1) is 0 Å². The van der Waals surface area contributed by atoms with E-state index in [0.717, 1.165) is 28.0 Å². The summed E-state index contributed by atoms with van der Waals surface area (Å²) in [5.74, 6) is 2.00. The van der Waals surface area contributed by atoms with Crippen molar-refractivity contribution in [2.45, 2.75) is 51.5 Å². The van der Waals surface area contributed by atoms with Crippen LogP contribution in [0, 0.1) is 0 Å².